The molecule has 1 amide bonds. The van der Waals surface area contributed by atoms with Crippen LogP contribution in [0, 0.1) is 0 Å². The Labute approximate surface area is 207 Å². The number of amides is 1. The van der Waals surface area contributed by atoms with Crippen LogP contribution in [0.15, 0.2) is 53.7 Å². The summed E-state index contributed by atoms with van der Waals surface area (Å²) in [6.07, 6.45) is -4.86. The van der Waals surface area contributed by atoms with Crippen LogP contribution in [-0.4, -0.2) is 26.4 Å². The zero-order valence-corrected chi connectivity index (χ0v) is 21.1. The van der Waals surface area contributed by atoms with E-state index in [0.29, 0.717) is 16.9 Å². The van der Waals surface area contributed by atoms with Crippen LogP contribution in [0.3, 0.4) is 0 Å². The third kappa shape index (κ3) is 7.00. The highest BCUT2D eigenvalue weighted by Gasteiger charge is 2.30. The first-order valence-corrected chi connectivity index (χ1v) is 12.3. The molecule has 1 atom stereocenters. The number of alkyl halides is 3. The Hall–Kier alpha value is -3.01. The third-order valence-corrected chi connectivity index (χ3v) is 6.18. The molecule has 10 heteroatoms. The van der Waals surface area contributed by atoms with Crippen LogP contribution in [0.1, 0.15) is 69.6 Å². The molecule has 1 heterocycles. The van der Waals surface area contributed by atoms with Crippen molar-refractivity contribution in [3.63, 3.8) is 0 Å². The number of nitrogens with one attached hydrogen (secondary N) is 1. The molecule has 6 nitrogen and oxygen atoms in total. The van der Waals surface area contributed by atoms with Gasteiger partial charge in [-0.3, -0.25) is 4.79 Å². The molecule has 0 aliphatic carbocycles. The second-order valence-corrected chi connectivity index (χ2v) is 9.65. The van der Waals surface area contributed by atoms with E-state index in [1.165, 1.54) is 17.7 Å². The number of carbonyl (C=O) groups excluding carboxylic acids is 1. The van der Waals surface area contributed by atoms with Gasteiger partial charge in [-0.05, 0) is 62.6 Å². The van der Waals surface area contributed by atoms with E-state index < -0.39 is 17.6 Å². The summed E-state index contributed by atoms with van der Waals surface area (Å²) in [5, 5.41) is 11.6. The number of nitrogens with zero attached hydrogens (tertiary/aromatic N) is 3. The van der Waals surface area contributed by atoms with Crippen molar-refractivity contribution < 1.29 is 22.7 Å². The van der Waals surface area contributed by atoms with Crippen LogP contribution in [0.25, 0.3) is 0 Å². The number of thioether (sulfide) groups is 1. The molecule has 0 aliphatic rings. The molecule has 1 aromatic heterocycles. The Balaban J connectivity index is 1.66. The lowest BCUT2D eigenvalue weighted by molar-refractivity contribution is -0.137. The number of aromatic nitrogens is 3. The number of benzene rings is 2. The fourth-order valence-electron chi connectivity index (χ4n) is 3.44. The fraction of sp³-hybridized carbons (Fsp3) is 0.400. The van der Waals surface area contributed by atoms with E-state index in [-0.39, 0.29) is 23.6 Å². The molecular weight excluding hydrogens is 477 g/mol. The van der Waals surface area contributed by atoms with Gasteiger partial charge >= 0.3 is 6.18 Å². The standard InChI is InChI=1S/C25H29F3N4O2S/c1-15(2)18-9-11-21(12-10-18)34-17(5)23-30-31-24(32(23)16(3)4)35-14-22(33)29-20-8-6-7-19(13-20)25(26,27)28/h6-13,15-17H,14H2,1-5H3,(H,29,33). The number of anilines is 1. The number of halogens is 3. The van der Waals surface area contributed by atoms with Crippen LogP contribution in [-0.2, 0) is 11.0 Å². The Bertz CT molecular complexity index is 1140. The van der Waals surface area contributed by atoms with E-state index in [9.17, 15) is 18.0 Å². The normalized spacial score (nSPS) is 12.7. The molecule has 188 valence electrons. The summed E-state index contributed by atoms with van der Waals surface area (Å²) < 4.78 is 46.7. The number of hydrogen-bond donors (Lipinski definition) is 1. The van der Waals surface area contributed by atoms with Gasteiger partial charge in [0.15, 0.2) is 17.1 Å². The zero-order valence-electron chi connectivity index (χ0n) is 20.3. The van der Waals surface area contributed by atoms with Crippen LogP contribution in [0.4, 0.5) is 18.9 Å². The average molecular weight is 507 g/mol. The van der Waals surface area contributed by atoms with Crippen molar-refractivity contribution in [2.45, 2.75) is 64.0 Å². The quantitative estimate of drug-likeness (QED) is 0.321. The van der Waals surface area contributed by atoms with Gasteiger partial charge in [0.25, 0.3) is 0 Å². The third-order valence-electron chi connectivity index (χ3n) is 5.24. The average Bonchev–Trinajstić information content (AvgIpc) is 3.22. The summed E-state index contributed by atoms with van der Waals surface area (Å²) in [5.74, 6) is 1.29. The van der Waals surface area contributed by atoms with Crippen molar-refractivity contribution in [1.29, 1.82) is 0 Å². The lowest BCUT2D eigenvalue weighted by Crippen LogP contribution is -2.17. The van der Waals surface area contributed by atoms with Crippen molar-refractivity contribution in [3.05, 3.63) is 65.5 Å². The van der Waals surface area contributed by atoms with E-state index in [4.69, 9.17) is 4.74 Å². The molecular formula is C25H29F3N4O2S. The van der Waals surface area contributed by atoms with Crippen LogP contribution in [0.5, 0.6) is 5.75 Å². The molecule has 1 unspecified atom stereocenters. The first-order chi connectivity index (χ1) is 16.5. The van der Waals surface area contributed by atoms with E-state index in [2.05, 4.69) is 29.4 Å². The summed E-state index contributed by atoms with van der Waals surface area (Å²) >= 11 is 1.16. The highest BCUT2D eigenvalue weighted by molar-refractivity contribution is 7.99. The predicted molar refractivity (Wildman–Crippen MR) is 131 cm³/mol. The molecule has 2 aromatic carbocycles. The molecule has 1 N–H and O–H groups in total. The number of carbonyl (C=O) groups is 1. The van der Waals surface area contributed by atoms with Crippen LogP contribution < -0.4 is 10.1 Å². The summed E-state index contributed by atoms with van der Waals surface area (Å²) in [4.78, 5) is 12.4. The Morgan fingerprint density at radius 3 is 2.34 bits per heavy atom. The zero-order chi connectivity index (χ0) is 25.8. The molecule has 0 bridgehead atoms. The minimum absolute atomic E-state index is 0.00314. The predicted octanol–water partition coefficient (Wildman–Crippen LogP) is 6.87. The first kappa shape index (κ1) is 26.6. The van der Waals surface area contributed by atoms with Gasteiger partial charge in [0.1, 0.15) is 5.75 Å². The Morgan fingerprint density at radius 1 is 1.06 bits per heavy atom. The van der Waals surface area contributed by atoms with Gasteiger partial charge in [-0.15, -0.1) is 10.2 Å². The lowest BCUT2D eigenvalue weighted by Gasteiger charge is -2.19. The molecule has 0 fully saturated rings. The van der Waals surface area contributed by atoms with Gasteiger partial charge in [0.05, 0.1) is 11.3 Å². The largest absolute Gasteiger partial charge is 0.483 e. The molecule has 3 aromatic rings. The molecule has 0 spiro atoms. The maximum atomic E-state index is 12.9. The van der Waals surface area contributed by atoms with E-state index >= 15 is 0 Å². The van der Waals surface area contributed by atoms with Gasteiger partial charge in [-0.1, -0.05) is 43.8 Å². The van der Waals surface area contributed by atoms with Gasteiger partial charge in [0, 0.05) is 11.7 Å². The van der Waals surface area contributed by atoms with Crippen molar-refractivity contribution >= 4 is 23.4 Å². The molecule has 0 aliphatic heterocycles. The number of ether oxygens (including phenoxy) is 1. The fourth-order valence-corrected chi connectivity index (χ4v) is 4.31. The number of hydrogen-bond acceptors (Lipinski definition) is 5. The summed E-state index contributed by atoms with van der Waals surface area (Å²) in [7, 11) is 0. The Kier molecular flexibility index (Phi) is 8.47. The highest BCUT2D eigenvalue weighted by atomic mass is 32.2. The van der Waals surface area contributed by atoms with Gasteiger partial charge in [-0.2, -0.15) is 13.2 Å². The van der Waals surface area contributed by atoms with Crippen LogP contribution >= 0.6 is 11.8 Å². The number of rotatable bonds is 9. The van der Waals surface area contributed by atoms with Gasteiger partial charge in [0.2, 0.25) is 5.91 Å². The van der Waals surface area contributed by atoms with Crippen molar-refractivity contribution in [2.24, 2.45) is 0 Å². The van der Waals surface area contributed by atoms with E-state index in [1.54, 1.807) is 0 Å². The van der Waals surface area contributed by atoms with Crippen LogP contribution in [0.2, 0.25) is 0 Å². The molecule has 0 radical (unpaired) electrons. The van der Waals surface area contributed by atoms with Crippen molar-refractivity contribution in [1.82, 2.24) is 14.8 Å². The van der Waals surface area contributed by atoms with Gasteiger partial charge < -0.3 is 14.6 Å². The second kappa shape index (κ2) is 11.2. The minimum Gasteiger partial charge on any atom is -0.483 e. The highest BCUT2D eigenvalue weighted by Crippen LogP contribution is 2.31. The SMILES string of the molecule is CC(C)c1ccc(OC(C)c2nnc(SCC(=O)Nc3cccc(C(F)(F)F)c3)n2C(C)C)cc1. The van der Waals surface area contributed by atoms with E-state index in [1.807, 2.05) is 49.6 Å². The first-order valence-electron chi connectivity index (χ1n) is 11.3. The maximum absolute atomic E-state index is 12.9. The summed E-state index contributed by atoms with van der Waals surface area (Å²) in [6.45, 7) is 10.1. The minimum atomic E-state index is -4.48. The van der Waals surface area contributed by atoms with Crippen molar-refractivity contribution in [2.75, 3.05) is 11.1 Å². The smallest absolute Gasteiger partial charge is 0.416 e. The maximum Gasteiger partial charge on any atom is 0.416 e. The topological polar surface area (TPSA) is 69.0 Å². The summed E-state index contributed by atoms with van der Waals surface area (Å²) in [5.41, 5.74) is 0.486. The molecule has 0 saturated heterocycles. The van der Waals surface area contributed by atoms with E-state index in [0.717, 1.165) is 29.6 Å². The molecule has 35 heavy (non-hydrogen) atoms. The second-order valence-electron chi connectivity index (χ2n) is 8.70. The van der Waals surface area contributed by atoms with Crippen molar-refractivity contribution in [3.8, 4) is 5.75 Å². The monoisotopic (exact) mass is 506 g/mol. The molecule has 0 saturated carbocycles. The Morgan fingerprint density at radius 2 is 1.74 bits per heavy atom. The lowest BCUT2D eigenvalue weighted by atomic mass is 10.0. The summed E-state index contributed by atoms with van der Waals surface area (Å²) in [6, 6.07) is 12.5. The molecule has 3 rings (SSSR count). The van der Waals surface area contributed by atoms with Gasteiger partial charge in [-0.25, -0.2) is 0 Å².